The normalized spacial score (nSPS) is 11.2. The number of nitrogens with two attached hydrogens (primary N) is 1. The minimum Gasteiger partial charge on any atom is -0.368 e. The Labute approximate surface area is 140 Å². The Hall–Kier alpha value is -0.940. The quantitative estimate of drug-likeness (QED) is 0.465. The van der Waals surface area contributed by atoms with Crippen LogP contribution >= 0.6 is 50.3 Å². The predicted octanol–water partition coefficient (Wildman–Crippen LogP) is 2.86. The molecule has 0 radical (unpaired) electrons. The maximum absolute atomic E-state index is 5.86. The zero-order valence-electron chi connectivity index (χ0n) is 10.2. The van der Waals surface area contributed by atoms with Crippen LogP contribution in [0.5, 0.6) is 0 Å². The van der Waals surface area contributed by atoms with E-state index >= 15 is 0 Å². The molecule has 0 fully saturated rings. The van der Waals surface area contributed by atoms with Gasteiger partial charge in [0, 0.05) is 13.6 Å². The molecule has 0 unspecified atom stereocenters. The van der Waals surface area contributed by atoms with Crippen molar-refractivity contribution in [1.29, 1.82) is 0 Å². The van der Waals surface area contributed by atoms with Gasteiger partial charge in [0.15, 0.2) is 11.0 Å². The molecule has 2 heterocycles. The summed E-state index contributed by atoms with van der Waals surface area (Å²) in [5.41, 5.74) is 6.76. The van der Waals surface area contributed by atoms with Crippen LogP contribution in [0.25, 0.3) is 17.2 Å². The number of anilines is 1. The predicted molar refractivity (Wildman–Crippen MR) is 90.6 cm³/mol. The number of rotatable bonds is 2. The maximum atomic E-state index is 5.86. The summed E-state index contributed by atoms with van der Waals surface area (Å²) in [6.07, 6.45) is 1.89. The van der Waals surface area contributed by atoms with E-state index in [0.717, 1.165) is 13.6 Å². The van der Waals surface area contributed by atoms with Gasteiger partial charge in [-0.1, -0.05) is 11.8 Å². The Morgan fingerprint density at radius 1 is 1.30 bits per heavy atom. The monoisotopic (exact) mass is 462 g/mol. The molecule has 2 aromatic heterocycles. The van der Waals surface area contributed by atoms with Crippen LogP contribution in [0.1, 0.15) is 0 Å². The van der Waals surface area contributed by atoms with Crippen LogP contribution in [0.2, 0.25) is 0 Å². The Morgan fingerprint density at radius 3 is 2.80 bits per heavy atom. The van der Waals surface area contributed by atoms with Crippen molar-refractivity contribution in [2.75, 3.05) is 12.0 Å². The van der Waals surface area contributed by atoms with Gasteiger partial charge in [-0.3, -0.25) is 0 Å². The highest BCUT2D eigenvalue weighted by Crippen LogP contribution is 2.25. The van der Waals surface area contributed by atoms with Crippen molar-refractivity contribution in [2.24, 2.45) is 0 Å². The second-order valence-electron chi connectivity index (χ2n) is 3.84. The maximum Gasteiger partial charge on any atom is 0.258 e. The molecule has 0 aliphatic carbocycles. The lowest BCUT2D eigenvalue weighted by Crippen LogP contribution is -2.04. The highest BCUT2D eigenvalue weighted by Gasteiger charge is 2.12. The van der Waals surface area contributed by atoms with E-state index in [4.69, 9.17) is 5.73 Å². The Balaban J connectivity index is 2.17. The highest BCUT2D eigenvalue weighted by atomic mass is 127. The van der Waals surface area contributed by atoms with Crippen LogP contribution in [0.4, 0.5) is 5.95 Å². The van der Waals surface area contributed by atoms with Crippen LogP contribution in [-0.4, -0.2) is 30.8 Å². The van der Waals surface area contributed by atoms with Gasteiger partial charge in [0.05, 0.1) is 0 Å². The van der Waals surface area contributed by atoms with Crippen molar-refractivity contribution in [3.63, 3.8) is 0 Å². The molecule has 0 saturated carbocycles. The van der Waals surface area contributed by atoms with Crippen LogP contribution in [0.15, 0.2) is 27.8 Å². The highest BCUT2D eigenvalue weighted by molar-refractivity contribution is 14.1. The van der Waals surface area contributed by atoms with Gasteiger partial charge >= 0.3 is 0 Å². The molecule has 0 atom stereocenters. The fourth-order valence-corrected chi connectivity index (χ4v) is 2.71. The third-order valence-corrected chi connectivity index (χ3v) is 5.46. The van der Waals surface area contributed by atoms with Gasteiger partial charge in [0.2, 0.25) is 5.95 Å². The average Bonchev–Trinajstić information content (AvgIpc) is 2.86. The van der Waals surface area contributed by atoms with Crippen molar-refractivity contribution in [3.8, 4) is 11.4 Å². The summed E-state index contributed by atoms with van der Waals surface area (Å²) >= 11 is 7.17. The number of hydrogen-bond donors (Lipinski definition) is 1. The molecule has 20 heavy (non-hydrogen) atoms. The van der Waals surface area contributed by atoms with E-state index in [1.807, 2.05) is 24.5 Å². The topological polar surface area (TPSA) is 82.0 Å². The summed E-state index contributed by atoms with van der Waals surface area (Å²) in [5, 5.41) is 4.93. The first-order chi connectivity index (χ1) is 9.58. The zero-order valence-corrected chi connectivity index (χ0v) is 14.8. The van der Waals surface area contributed by atoms with E-state index in [-0.39, 0.29) is 5.95 Å². The van der Waals surface area contributed by atoms with E-state index < -0.39 is 0 Å². The van der Waals surface area contributed by atoms with E-state index in [1.165, 1.54) is 16.3 Å². The Bertz CT molecular complexity index is 805. The average molecular weight is 463 g/mol. The fraction of sp³-hybridized carbons (Fsp3) is 0.0909. The number of nitrogens with zero attached hydrogens (tertiary/aromatic N) is 5. The van der Waals surface area contributed by atoms with Gasteiger partial charge in [-0.05, 0) is 63.0 Å². The molecule has 0 bridgehead atoms. The Morgan fingerprint density at radius 2 is 2.10 bits per heavy atom. The minimum atomic E-state index is 0.280. The number of nitrogen functional groups attached to an aromatic ring is 1. The number of hydrogen-bond acceptors (Lipinski definition) is 6. The van der Waals surface area contributed by atoms with Gasteiger partial charge in [-0.2, -0.15) is 19.5 Å². The molecule has 3 rings (SSSR count). The van der Waals surface area contributed by atoms with Crippen molar-refractivity contribution >= 4 is 62.0 Å². The Kier molecular flexibility index (Phi) is 3.82. The van der Waals surface area contributed by atoms with Gasteiger partial charge in [-0.15, -0.1) is 5.10 Å². The van der Waals surface area contributed by atoms with Gasteiger partial charge < -0.3 is 5.73 Å². The number of fused-ring (bicyclic) bond motifs is 1. The molecule has 0 aliphatic heterocycles. The van der Waals surface area contributed by atoms with Gasteiger partial charge in [0.25, 0.3) is 5.78 Å². The third-order valence-electron chi connectivity index (χ3n) is 2.57. The first-order valence-electron chi connectivity index (χ1n) is 5.48. The molecule has 9 heteroatoms. The summed E-state index contributed by atoms with van der Waals surface area (Å²) < 4.78 is 3.57. The van der Waals surface area contributed by atoms with Crippen LogP contribution in [0.3, 0.4) is 0 Å². The summed E-state index contributed by atoms with van der Waals surface area (Å²) in [5.74, 6) is 1.30. The number of benzene rings is 1. The standard InChI is InChI=1S/C11H8BrIN6S/c1-20-11-16-9(14)19-10(17-11)15-8(18-19)5-2-3-7(13)6(12)4-5/h2-4H,1H3,(H2,14,15,16,17,18). The molecular formula is C11H8BrIN6S. The summed E-state index contributed by atoms with van der Waals surface area (Å²) in [7, 11) is 0. The van der Waals surface area contributed by atoms with Crippen molar-refractivity contribution in [2.45, 2.75) is 5.16 Å². The fourth-order valence-electron chi connectivity index (χ4n) is 1.63. The largest absolute Gasteiger partial charge is 0.368 e. The summed E-state index contributed by atoms with van der Waals surface area (Å²) in [6.45, 7) is 0. The lowest BCUT2D eigenvalue weighted by molar-refractivity contribution is 0.851. The van der Waals surface area contributed by atoms with Crippen molar-refractivity contribution in [1.82, 2.24) is 24.6 Å². The van der Waals surface area contributed by atoms with Crippen LogP contribution in [-0.2, 0) is 0 Å². The molecule has 0 spiro atoms. The smallest absolute Gasteiger partial charge is 0.258 e. The molecule has 2 N–H and O–H groups in total. The molecule has 0 amide bonds. The first-order valence-corrected chi connectivity index (χ1v) is 8.58. The zero-order chi connectivity index (χ0) is 14.3. The lowest BCUT2D eigenvalue weighted by Gasteiger charge is -1.98. The number of halogens is 2. The first kappa shape index (κ1) is 14.0. The minimum absolute atomic E-state index is 0.280. The van der Waals surface area contributed by atoms with Crippen molar-refractivity contribution < 1.29 is 0 Å². The van der Waals surface area contributed by atoms with Crippen LogP contribution < -0.4 is 5.73 Å². The summed E-state index contributed by atoms with van der Waals surface area (Å²) in [6, 6.07) is 5.92. The van der Waals surface area contributed by atoms with Crippen molar-refractivity contribution in [3.05, 3.63) is 26.2 Å². The van der Waals surface area contributed by atoms with E-state index in [0.29, 0.717) is 16.8 Å². The summed E-state index contributed by atoms with van der Waals surface area (Å²) in [4.78, 5) is 12.8. The lowest BCUT2D eigenvalue weighted by atomic mass is 10.2. The van der Waals surface area contributed by atoms with Gasteiger partial charge in [-0.25, -0.2) is 0 Å². The number of thioether (sulfide) groups is 1. The van der Waals surface area contributed by atoms with E-state index in [9.17, 15) is 0 Å². The SMILES string of the molecule is CSc1nc(N)n2nc(-c3ccc(I)c(Br)c3)nc2n1. The van der Waals surface area contributed by atoms with Crippen LogP contribution in [0, 0.1) is 3.57 Å². The van der Waals surface area contributed by atoms with E-state index in [2.05, 4.69) is 58.6 Å². The molecular weight excluding hydrogens is 455 g/mol. The van der Waals surface area contributed by atoms with E-state index in [1.54, 1.807) is 0 Å². The second kappa shape index (κ2) is 5.45. The third kappa shape index (κ3) is 2.49. The second-order valence-corrected chi connectivity index (χ2v) is 6.63. The molecule has 3 aromatic rings. The van der Waals surface area contributed by atoms with Gasteiger partial charge in [0.1, 0.15) is 0 Å². The number of aromatic nitrogens is 5. The molecule has 0 saturated heterocycles. The molecule has 1 aromatic carbocycles. The molecule has 0 aliphatic rings. The molecule has 6 nitrogen and oxygen atoms in total. The molecule has 102 valence electrons.